The van der Waals surface area contributed by atoms with Gasteiger partial charge in [0.1, 0.15) is 6.54 Å². The maximum absolute atomic E-state index is 11.3. The van der Waals surface area contributed by atoms with Crippen LogP contribution in [-0.4, -0.2) is 42.6 Å². The molecule has 3 N–H and O–H groups in total. The molecule has 0 atom stereocenters. The molecule has 0 saturated carbocycles. The summed E-state index contributed by atoms with van der Waals surface area (Å²) < 4.78 is 4.27. The summed E-state index contributed by atoms with van der Waals surface area (Å²) in [6, 6.07) is -0.883. The van der Waals surface area contributed by atoms with E-state index in [1.54, 1.807) is 0 Å². The minimum Gasteiger partial charge on any atom is -0.481 e. The number of ether oxygens (including phenoxy) is 1. The van der Waals surface area contributed by atoms with Crippen LogP contribution in [0.25, 0.3) is 0 Å². The predicted octanol–water partition coefficient (Wildman–Crippen LogP) is -0.514. The molecule has 8 heteroatoms. The Balaban J connectivity index is 4.13. The van der Waals surface area contributed by atoms with Crippen LogP contribution in [-0.2, 0) is 19.1 Å². The van der Waals surface area contributed by atoms with E-state index in [1.807, 2.05) is 5.32 Å². The number of esters is 1. The lowest BCUT2D eigenvalue weighted by Gasteiger charge is -2.17. The molecular weight excluding hydrogens is 244 g/mol. The van der Waals surface area contributed by atoms with Crippen LogP contribution in [0.15, 0.2) is 0 Å². The fourth-order valence-electron chi connectivity index (χ4n) is 0.917. The summed E-state index contributed by atoms with van der Waals surface area (Å²) in [6.45, 7) is 2.35. The number of amides is 3. The second-order valence-corrected chi connectivity index (χ2v) is 4.17. The number of aliphatic carboxylic acids is 1. The van der Waals surface area contributed by atoms with E-state index in [1.165, 1.54) is 13.8 Å². The number of nitrogens with one attached hydrogen (secondary N) is 2. The second-order valence-electron chi connectivity index (χ2n) is 4.17. The molecule has 102 valence electrons. The fraction of sp³-hybridized carbons (Fsp3) is 0.600. The van der Waals surface area contributed by atoms with Crippen LogP contribution in [0.1, 0.15) is 20.3 Å². The van der Waals surface area contributed by atoms with Gasteiger partial charge in [0.2, 0.25) is 5.91 Å². The number of rotatable bonds is 5. The van der Waals surface area contributed by atoms with Gasteiger partial charge < -0.3 is 15.2 Å². The number of carboxylic acids is 1. The number of carbonyl (C=O) groups excluding carboxylic acids is 3. The first-order valence-electron chi connectivity index (χ1n) is 5.07. The van der Waals surface area contributed by atoms with E-state index in [0.29, 0.717) is 0 Å². The van der Waals surface area contributed by atoms with E-state index < -0.39 is 29.3 Å². The molecule has 0 fully saturated rings. The van der Waals surface area contributed by atoms with Gasteiger partial charge in [0.15, 0.2) is 0 Å². The molecule has 0 radical (unpaired) electrons. The van der Waals surface area contributed by atoms with Crippen molar-refractivity contribution < 1.29 is 29.0 Å². The van der Waals surface area contributed by atoms with Gasteiger partial charge in [-0.2, -0.15) is 0 Å². The quantitative estimate of drug-likeness (QED) is 0.572. The van der Waals surface area contributed by atoms with Gasteiger partial charge in [0.25, 0.3) is 0 Å². The Morgan fingerprint density at radius 3 is 2.22 bits per heavy atom. The van der Waals surface area contributed by atoms with Crippen molar-refractivity contribution in [1.82, 2.24) is 10.6 Å². The van der Waals surface area contributed by atoms with Crippen molar-refractivity contribution in [2.24, 2.45) is 5.41 Å². The van der Waals surface area contributed by atoms with Crippen molar-refractivity contribution in [3.05, 3.63) is 0 Å². The highest BCUT2D eigenvalue weighted by atomic mass is 16.5. The zero-order valence-electron chi connectivity index (χ0n) is 10.4. The molecule has 0 aromatic carbocycles. The smallest absolute Gasteiger partial charge is 0.325 e. The average Bonchev–Trinajstić information content (AvgIpc) is 2.24. The molecular formula is C10H16N2O6. The zero-order chi connectivity index (χ0) is 14.3. The zero-order valence-corrected chi connectivity index (χ0v) is 10.4. The monoisotopic (exact) mass is 260 g/mol. The van der Waals surface area contributed by atoms with Gasteiger partial charge in [0.05, 0.1) is 12.5 Å². The first-order valence-corrected chi connectivity index (χ1v) is 5.07. The highest BCUT2D eigenvalue weighted by Crippen LogP contribution is 2.19. The molecule has 0 spiro atoms. The Morgan fingerprint density at radius 2 is 1.78 bits per heavy atom. The largest absolute Gasteiger partial charge is 0.481 e. The molecule has 3 amide bonds. The number of methoxy groups -OCH3 is 1. The summed E-state index contributed by atoms with van der Waals surface area (Å²) in [4.78, 5) is 43.9. The van der Waals surface area contributed by atoms with Gasteiger partial charge in [-0.3, -0.25) is 19.7 Å². The molecule has 0 aliphatic carbocycles. The molecule has 0 heterocycles. The molecule has 0 rings (SSSR count). The van der Waals surface area contributed by atoms with Crippen LogP contribution in [0.5, 0.6) is 0 Å². The highest BCUT2D eigenvalue weighted by molar-refractivity contribution is 5.97. The van der Waals surface area contributed by atoms with Crippen LogP contribution in [0.4, 0.5) is 4.79 Å². The van der Waals surface area contributed by atoms with Crippen molar-refractivity contribution in [3.8, 4) is 0 Å². The van der Waals surface area contributed by atoms with Gasteiger partial charge in [0, 0.05) is 6.42 Å². The van der Waals surface area contributed by atoms with E-state index in [-0.39, 0.29) is 13.0 Å². The third-order valence-electron chi connectivity index (χ3n) is 2.06. The summed E-state index contributed by atoms with van der Waals surface area (Å²) in [6.07, 6.45) is -0.353. The van der Waals surface area contributed by atoms with Crippen molar-refractivity contribution in [3.63, 3.8) is 0 Å². The Labute approximate surface area is 104 Å². The van der Waals surface area contributed by atoms with E-state index >= 15 is 0 Å². The SMILES string of the molecule is COC(=O)CNC(=O)NC(=O)CC(C)(C)C(=O)O. The minimum atomic E-state index is -1.27. The molecule has 18 heavy (non-hydrogen) atoms. The predicted molar refractivity (Wildman–Crippen MR) is 59.6 cm³/mol. The molecule has 0 aliphatic rings. The first-order chi connectivity index (χ1) is 8.19. The molecule has 0 bridgehead atoms. The Hall–Kier alpha value is -2.12. The Bertz CT molecular complexity index is 363. The Kier molecular flexibility index (Phi) is 5.80. The van der Waals surface area contributed by atoms with Crippen LogP contribution < -0.4 is 10.6 Å². The third-order valence-corrected chi connectivity index (χ3v) is 2.06. The van der Waals surface area contributed by atoms with Crippen molar-refractivity contribution in [1.29, 1.82) is 0 Å². The second kappa shape index (κ2) is 6.58. The van der Waals surface area contributed by atoms with Gasteiger partial charge >= 0.3 is 18.0 Å². The van der Waals surface area contributed by atoms with Crippen molar-refractivity contribution >= 4 is 23.9 Å². The lowest BCUT2D eigenvalue weighted by molar-refractivity contribution is -0.149. The number of urea groups is 1. The first kappa shape index (κ1) is 15.9. The fourth-order valence-corrected chi connectivity index (χ4v) is 0.917. The van der Waals surface area contributed by atoms with Crippen LogP contribution >= 0.6 is 0 Å². The summed E-state index contributed by atoms with van der Waals surface area (Å²) in [7, 11) is 1.16. The standard InChI is InChI=1S/C10H16N2O6/c1-10(2,8(15)16)4-6(13)12-9(17)11-5-7(14)18-3/h4-5H2,1-3H3,(H,15,16)(H2,11,12,13,17). The van der Waals surface area contributed by atoms with Gasteiger partial charge in [-0.1, -0.05) is 0 Å². The van der Waals surface area contributed by atoms with Crippen molar-refractivity contribution in [2.45, 2.75) is 20.3 Å². The average molecular weight is 260 g/mol. The number of hydrogen-bond acceptors (Lipinski definition) is 5. The van der Waals surface area contributed by atoms with Crippen molar-refractivity contribution in [2.75, 3.05) is 13.7 Å². The lowest BCUT2D eigenvalue weighted by atomic mass is 9.89. The normalized spacial score (nSPS) is 10.4. The van der Waals surface area contributed by atoms with Crippen LogP contribution in [0.2, 0.25) is 0 Å². The molecule has 0 aromatic heterocycles. The third kappa shape index (κ3) is 5.83. The molecule has 0 aromatic rings. The van der Waals surface area contributed by atoms with E-state index in [0.717, 1.165) is 7.11 Å². The lowest BCUT2D eigenvalue weighted by Crippen LogP contribution is -2.43. The van der Waals surface area contributed by atoms with Gasteiger partial charge in [-0.15, -0.1) is 0 Å². The topological polar surface area (TPSA) is 122 Å². The number of imide groups is 1. The molecule has 0 unspecified atom stereocenters. The van der Waals surface area contributed by atoms with Crippen LogP contribution in [0, 0.1) is 5.41 Å². The summed E-state index contributed by atoms with van der Waals surface area (Å²) in [5, 5.41) is 12.8. The van der Waals surface area contributed by atoms with E-state index in [4.69, 9.17) is 5.11 Å². The molecule has 8 nitrogen and oxygen atoms in total. The summed E-state index contributed by atoms with van der Waals surface area (Å²) in [5.41, 5.74) is -1.27. The molecule has 0 aliphatic heterocycles. The number of hydrogen-bond donors (Lipinski definition) is 3. The van der Waals surface area contributed by atoms with Gasteiger partial charge in [-0.25, -0.2) is 4.79 Å². The maximum Gasteiger partial charge on any atom is 0.325 e. The van der Waals surface area contributed by atoms with Gasteiger partial charge in [-0.05, 0) is 13.8 Å². The van der Waals surface area contributed by atoms with E-state index in [2.05, 4.69) is 10.1 Å². The maximum atomic E-state index is 11.3. The minimum absolute atomic E-state index is 0.353. The highest BCUT2D eigenvalue weighted by Gasteiger charge is 2.30. The number of carbonyl (C=O) groups is 4. The van der Waals surface area contributed by atoms with Crippen LogP contribution in [0.3, 0.4) is 0 Å². The summed E-state index contributed by atoms with van der Waals surface area (Å²) >= 11 is 0. The number of carboxylic acid groups (broad SMARTS) is 1. The molecule has 0 saturated heterocycles. The summed E-state index contributed by atoms with van der Waals surface area (Å²) in [5.74, 6) is -2.55. The Morgan fingerprint density at radius 1 is 1.22 bits per heavy atom. The van der Waals surface area contributed by atoms with E-state index in [9.17, 15) is 19.2 Å².